The first-order valence-electron chi connectivity index (χ1n) is 4.35. The zero-order chi connectivity index (χ0) is 11.4. The maximum atomic E-state index is 11.4. The number of carbonyl (C=O) groups is 1. The number of amides is 1. The molecule has 0 aliphatic heterocycles. The van der Waals surface area contributed by atoms with E-state index in [-0.39, 0.29) is 10.9 Å². The normalized spacial score (nSPS) is 9.81. The Bertz CT molecular complexity index is 469. The molecule has 0 aliphatic carbocycles. The van der Waals surface area contributed by atoms with Crippen LogP contribution in [0, 0.1) is 0 Å². The Morgan fingerprint density at radius 1 is 1.31 bits per heavy atom. The van der Waals surface area contributed by atoms with Crippen LogP contribution < -0.4 is 10.9 Å². The summed E-state index contributed by atoms with van der Waals surface area (Å²) in [5.41, 5.74) is 4.96. The largest absolute Gasteiger partial charge is 0.459 e. The summed E-state index contributed by atoms with van der Waals surface area (Å²) in [4.78, 5) is 11.4. The van der Waals surface area contributed by atoms with Gasteiger partial charge in [0.25, 0.3) is 0 Å². The van der Waals surface area contributed by atoms with Crippen LogP contribution in [0.4, 0.5) is 5.82 Å². The van der Waals surface area contributed by atoms with Crippen molar-refractivity contribution in [2.45, 2.75) is 0 Å². The van der Waals surface area contributed by atoms with Crippen LogP contribution >= 0.6 is 11.6 Å². The fraction of sp³-hybridized carbons (Fsp3) is 0. The quantitative estimate of drug-likeness (QED) is 0.792. The molecule has 0 fully saturated rings. The summed E-state index contributed by atoms with van der Waals surface area (Å²) in [5.74, 6) is 0.181. The molecule has 0 unspecified atom stereocenters. The van der Waals surface area contributed by atoms with Crippen LogP contribution in [-0.2, 0) is 0 Å². The minimum Gasteiger partial charge on any atom is -0.459 e. The Morgan fingerprint density at radius 3 is 2.81 bits per heavy atom. The second kappa shape index (κ2) is 4.63. The Kier molecular flexibility index (Phi) is 3.02. The van der Waals surface area contributed by atoms with Crippen LogP contribution in [0.15, 0.2) is 34.9 Å². The Balaban J connectivity index is 1.93. The van der Waals surface area contributed by atoms with Gasteiger partial charge in [-0.05, 0) is 24.3 Å². The van der Waals surface area contributed by atoms with Gasteiger partial charge in [-0.15, -0.1) is 10.2 Å². The molecular formula is C9H7ClN4O2. The highest BCUT2D eigenvalue weighted by Gasteiger charge is 2.07. The molecule has 16 heavy (non-hydrogen) atoms. The first-order valence-corrected chi connectivity index (χ1v) is 4.72. The number of anilines is 1. The van der Waals surface area contributed by atoms with Gasteiger partial charge in [0, 0.05) is 0 Å². The van der Waals surface area contributed by atoms with Gasteiger partial charge in [0.15, 0.2) is 16.7 Å². The molecule has 2 heterocycles. The number of hydrogen-bond donors (Lipinski definition) is 2. The number of hydrogen-bond acceptors (Lipinski definition) is 5. The van der Waals surface area contributed by atoms with Crippen molar-refractivity contribution in [1.29, 1.82) is 0 Å². The fourth-order valence-corrected chi connectivity index (χ4v) is 1.07. The number of nitrogens with one attached hydrogen (secondary N) is 2. The summed E-state index contributed by atoms with van der Waals surface area (Å²) < 4.78 is 4.89. The number of nitrogens with zero attached hydrogens (tertiary/aromatic N) is 2. The van der Waals surface area contributed by atoms with Gasteiger partial charge >= 0.3 is 5.91 Å². The highest BCUT2D eigenvalue weighted by Crippen LogP contribution is 2.05. The Morgan fingerprint density at radius 2 is 2.19 bits per heavy atom. The monoisotopic (exact) mass is 238 g/mol. The lowest BCUT2D eigenvalue weighted by atomic mass is 10.4. The van der Waals surface area contributed by atoms with Gasteiger partial charge in [-0.3, -0.25) is 15.6 Å². The minimum atomic E-state index is -0.401. The SMILES string of the molecule is O=C(NNc1ccc(Cl)nn1)c1ccco1. The van der Waals surface area contributed by atoms with Crippen molar-refractivity contribution in [2.75, 3.05) is 5.43 Å². The summed E-state index contributed by atoms with van der Waals surface area (Å²) in [6, 6.07) is 6.30. The summed E-state index contributed by atoms with van der Waals surface area (Å²) in [6.45, 7) is 0. The number of halogens is 1. The fourth-order valence-electron chi connectivity index (χ4n) is 0.973. The van der Waals surface area contributed by atoms with Gasteiger partial charge in [-0.25, -0.2) is 0 Å². The van der Waals surface area contributed by atoms with Crippen LogP contribution in [0.2, 0.25) is 5.15 Å². The highest BCUT2D eigenvalue weighted by molar-refractivity contribution is 6.29. The van der Waals surface area contributed by atoms with Crippen molar-refractivity contribution in [2.24, 2.45) is 0 Å². The smallest absolute Gasteiger partial charge is 0.305 e. The number of rotatable bonds is 3. The molecule has 0 saturated heterocycles. The van der Waals surface area contributed by atoms with Crippen molar-refractivity contribution in [1.82, 2.24) is 15.6 Å². The third-order valence-electron chi connectivity index (χ3n) is 1.68. The maximum absolute atomic E-state index is 11.4. The van der Waals surface area contributed by atoms with E-state index in [0.717, 1.165) is 0 Å². The van der Waals surface area contributed by atoms with E-state index in [1.54, 1.807) is 24.3 Å². The number of furan rings is 1. The molecule has 0 spiro atoms. The minimum absolute atomic E-state index is 0.203. The topological polar surface area (TPSA) is 80.0 Å². The van der Waals surface area contributed by atoms with Crippen LogP contribution in [0.5, 0.6) is 0 Å². The number of carbonyl (C=O) groups excluding carboxylic acids is 1. The van der Waals surface area contributed by atoms with Crippen molar-refractivity contribution in [3.8, 4) is 0 Å². The zero-order valence-corrected chi connectivity index (χ0v) is 8.73. The van der Waals surface area contributed by atoms with Gasteiger partial charge in [0.1, 0.15) is 0 Å². The molecule has 0 aliphatic rings. The molecule has 0 aromatic carbocycles. The molecule has 0 saturated carbocycles. The first-order chi connectivity index (χ1) is 7.75. The molecule has 2 N–H and O–H groups in total. The zero-order valence-electron chi connectivity index (χ0n) is 7.98. The lowest BCUT2D eigenvalue weighted by Gasteiger charge is -2.04. The molecule has 0 radical (unpaired) electrons. The summed E-state index contributed by atoms with van der Waals surface area (Å²) in [5, 5.41) is 7.57. The van der Waals surface area contributed by atoms with Crippen molar-refractivity contribution < 1.29 is 9.21 Å². The van der Waals surface area contributed by atoms with E-state index < -0.39 is 5.91 Å². The van der Waals surface area contributed by atoms with Gasteiger partial charge in [0.2, 0.25) is 0 Å². The molecule has 2 aromatic heterocycles. The highest BCUT2D eigenvalue weighted by atomic mass is 35.5. The van der Waals surface area contributed by atoms with Crippen LogP contribution in [-0.4, -0.2) is 16.1 Å². The van der Waals surface area contributed by atoms with Crippen molar-refractivity contribution in [3.63, 3.8) is 0 Å². The van der Waals surface area contributed by atoms with E-state index >= 15 is 0 Å². The predicted octanol–water partition coefficient (Wildman–Crippen LogP) is 1.48. The Labute approximate surface area is 95.6 Å². The first kappa shape index (κ1) is 10.4. The second-order valence-corrected chi connectivity index (χ2v) is 3.18. The van der Waals surface area contributed by atoms with Crippen LogP contribution in [0.1, 0.15) is 10.6 Å². The second-order valence-electron chi connectivity index (χ2n) is 2.80. The van der Waals surface area contributed by atoms with E-state index in [9.17, 15) is 4.79 Å². The lowest BCUT2D eigenvalue weighted by Crippen LogP contribution is -2.29. The lowest BCUT2D eigenvalue weighted by molar-refractivity contribution is 0.0935. The van der Waals surface area contributed by atoms with E-state index in [1.165, 1.54) is 6.26 Å². The molecule has 0 bridgehead atoms. The molecule has 0 atom stereocenters. The molecule has 6 nitrogen and oxygen atoms in total. The van der Waals surface area contributed by atoms with Crippen molar-refractivity contribution in [3.05, 3.63) is 41.4 Å². The van der Waals surface area contributed by atoms with Crippen LogP contribution in [0.25, 0.3) is 0 Å². The summed E-state index contributed by atoms with van der Waals surface area (Å²) in [7, 11) is 0. The van der Waals surface area contributed by atoms with E-state index in [4.69, 9.17) is 16.0 Å². The van der Waals surface area contributed by atoms with E-state index in [1.807, 2.05) is 0 Å². The summed E-state index contributed by atoms with van der Waals surface area (Å²) in [6.07, 6.45) is 1.41. The molecule has 2 aromatic rings. The molecular weight excluding hydrogens is 232 g/mol. The Hall–Kier alpha value is -2.08. The van der Waals surface area contributed by atoms with Gasteiger partial charge < -0.3 is 4.42 Å². The van der Waals surface area contributed by atoms with E-state index in [2.05, 4.69) is 21.0 Å². The number of hydrazine groups is 1. The standard InChI is InChI=1S/C9H7ClN4O2/c10-7-3-4-8(12-11-7)13-14-9(15)6-2-1-5-16-6/h1-5H,(H,12,13)(H,14,15). The van der Waals surface area contributed by atoms with E-state index in [0.29, 0.717) is 5.82 Å². The average molecular weight is 239 g/mol. The molecule has 7 heteroatoms. The van der Waals surface area contributed by atoms with Gasteiger partial charge in [-0.2, -0.15) is 0 Å². The predicted molar refractivity (Wildman–Crippen MR) is 56.8 cm³/mol. The van der Waals surface area contributed by atoms with Gasteiger partial charge in [-0.1, -0.05) is 11.6 Å². The molecule has 1 amide bonds. The number of aromatic nitrogens is 2. The molecule has 82 valence electrons. The average Bonchev–Trinajstić information content (AvgIpc) is 2.81. The third-order valence-corrected chi connectivity index (χ3v) is 1.88. The third kappa shape index (κ3) is 2.48. The van der Waals surface area contributed by atoms with Crippen molar-refractivity contribution >= 4 is 23.3 Å². The summed E-state index contributed by atoms with van der Waals surface area (Å²) >= 11 is 5.55. The van der Waals surface area contributed by atoms with Gasteiger partial charge in [0.05, 0.1) is 6.26 Å². The molecule has 2 rings (SSSR count). The maximum Gasteiger partial charge on any atom is 0.305 e. The van der Waals surface area contributed by atoms with Crippen LogP contribution in [0.3, 0.4) is 0 Å².